The van der Waals surface area contributed by atoms with Crippen LogP contribution in [0.25, 0.3) is 0 Å². The number of hydrogen-bond donors (Lipinski definition) is 0. The van der Waals surface area contributed by atoms with E-state index in [4.69, 9.17) is 4.74 Å². The van der Waals surface area contributed by atoms with E-state index in [0.717, 1.165) is 5.75 Å². The molecule has 0 aliphatic heterocycles. The molecule has 6 nitrogen and oxygen atoms in total. The summed E-state index contributed by atoms with van der Waals surface area (Å²) in [6, 6.07) is 13.4. The third-order valence-corrected chi connectivity index (χ3v) is 4.80. The SMILES string of the molecule is COc1ccc(N=Nc2ccc(S(=O)(=O)N(C)C)cc2)cc1. The van der Waals surface area contributed by atoms with E-state index in [2.05, 4.69) is 10.2 Å². The van der Waals surface area contributed by atoms with Crippen LogP contribution in [0.1, 0.15) is 0 Å². The Balaban J connectivity index is 2.15. The first-order valence-corrected chi connectivity index (χ1v) is 7.96. The first kappa shape index (κ1) is 16.1. The van der Waals surface area contributed by atoms with Crippen LogP contribution in [0.15, 0.2) is 63.7 Å². The predicted octanol–water partition coefficient (Wildman–Crippen LogP) is 3.36. The molecule has 0 atom stereocenters. The fourth-order valence-corrected chi connectivity index (χ4v) is 2.56. The molecule has 0 saturated heterocycles. The molecule has 0 saturated carbocycles. The topological polar surface area (TPSA) is 71.3 Å². The average Bonchev–Trinajstić information content (AvgIpc) is 2.53. The number of benzene rings is 2. The van der Waals surface area contributed by atoms with Crippen molar-refractivity contribution in [3.8, 4) is 5.75 Å². The van der Waals surface area contributed by atoms with Gasteiger partial charge in [0.1, 0.15) is 5.75 Å². The number of azo groups is 1. The molecule has 0 aliphatic rings. The smallest absolute Gasteiger partial charge is 0.242 e. The highest BCUT2D eigenvalue weighted by Gasteiger charge is 2.16. The lowest BCUT2D eigenvalue weighted by molar-refractivity contribution is 0.415. The maximum Gasteiger partial charge on any atom is 0.242 e. The third kappa shape index (κ3) is 3.69. The normalized spacial score (nSPS) is 12.0. The maximum absolute atomic E-state index is 11.9. The Labute approximate surface area is 130 Å². The number of rotatable bonds is 5. The maximum atomic E-state index is 11.9. The summed E-state index contributed by atoms with van der Waals surface area (Å²) in [6.45, 7) is 0. The molecule has 2 aromatic rings. The number of ether oxygens (including phenoxy) is 1. The molecule has 2 rings (SSSR count). The molecule has 22 heavy (non-hydrogen) atoms. The Kier molecular flexibility index (Phi) is 4.89. The fraction of sp³-hybridized carbons (Fsp3) is 0.200. The van der Waals surface area contributed by atoms with Crippen LogP contribution < -0.4 is 4.74 Å². The van der Waals surface area contributed by atoms with Crippen LogP contribution in [-0.2, 0) is 10.0 Å². The van der Waals surface area contributed by atoms with Gasteiger partial charge in [0.05, 0.1) is 23.4 Å². The van der Waals surface area contributed by atoms with Crippen molar-refractivity contribution in [1.29, 1.82) is 0 Å². The number of nitrogens with zero attached hydrogens (tertiary/aromatic N) is 3. The standard InChI is InChI=1S/C15H17N3O3S/c1-18(2)22(19,20)15-10-6-13(7-11-15)17-16-12-4-8-14(21-3)9-5-12/h4-11H,1-3H3. The summed E-state index contributed by atoms with van der Waals surface area (Å²) in [5.41, 5.74) is 1.26. The van der Waals surface area contributed by atoms with Gasteiger partial charge in [-0.25, -0.2) is 12.7 Å². The van der Waals surface area contributed by atoms with E-state index in [1.165, 1.54) is 30.5 Å². The molecule has 0 radical (unpaired) electrons. The highest BCUT2D eigenvalue weighted by atomic mass is 32.2. The van der Waals surface area contributed by atoms with E-state index < -0.39 is 10.0 Å². The molecule has 0 spiro atoms. The van der Waals surface area contributed by atoms with Gasteiger partial charge in [0.25, 0.3) is 0 Å². The average molecular weight is 319 g/mol. The van der Waals surface area contributed by atoms with Crippen LogP contribution >= 0.6 is 0 Å². The molecule has 0 amide bonds. The second-order valence-electron chi connectivity index (χ2n) is 4.68. The van der Waals surface area contributed by atoms with Crippen molar-refractivity contribution in [2.75, 3.05) is 21.2 Å². The van der Waals surface area contributed by atoms with Crippen LogP contribution in [0.2, 0.25) is 0 Å². The van der Waals surface area contributed by atoms with Gasteiger partial charge < -0.3 is 4.74 Å². The van der Waals surface area contributed by atoms with Crippen LogP contribution in [-0.4, -0.2) is 33.9 Å². The van der Waals surface area contributed by atoms with Gasteiger partial charge in [-0.15, -0.1) is 0 Å². The van der Waals surface area contributed by atoms with Crippen molar-refractivity contribution in [3.05, 3.63) is 48.5 Å². The summed E-state index contributed by atoms with van der Waals surface area (Å²) in [7, 11) is 1.16. The van der Waals surface area contributed by atoms with Crippen LogP contribution in [0.4, 0.5) is 11.4 Å². The van der Waals surface area contributed by atoms with Gasteiger partial charge in [-0.3, -0.25) is 0 Å². The van der Waals surface area contributed by atoms with E-state index in [-0.39, 0.29) is 4.90 Å². The first-order chi connectivity index (χ1) is 10.4. The number of methoxy groups -OCH3 is 1. The molecule has 116 valence electrons. The monoisotopic (exact) mass is 319 g/mol. The van der Waals surface area contributed by atoms with Crippen molar-refractivity contribution in [3.63, 3.8) is 0 Å². The Hall–Kier alpha value is -2.25. The molecule has 0 aromatic heterocycles. The van der Waals surface area contributed by atoms with E-state index in [1.54, 1.807) is 43.5 Å². The lowest BCUT2D eigenvalue weighted by atomic mass is 10.3. The van der Waals surface area contributed by atoms with Crippen molar-refractivity contribution in [1.82, 2.24) is 4.31 Å². The van der Waals surface area contributed by atoms with Crippen molar-refractivity contribution >= 4 is 21.4 Å². The Morgan fingerprint density at radius 3 is 1.73 bits per heavy atom. The van der Waals surface area contributed by atoms with Crippen molar-refractivity contribution in [2.45, 2.75) is 4.90 Å². The minimum Gasteiger partial charge on any atom is -0.497 e. The largest absolute Gasteiger partial charge is 0.497 e. The van der Waals surface area contributed by atoms with E-state index in [1.807, 2.05) is 0 Å². The molecular weight excluding hydrogens is 302 g/mol. The lowest BCUT2D eigenvalue weighted by Crippen LogP contribution is -2.21. The van der Waals surface area contributed by atoms with E-state index >= 15 is 0 Å². The Morgan fingerprint density at radius 1 is 0.864 bits per heavy atom. The van der Waals surface area contributed by atoms with E-state index in [0.29, 0.717) is 11.4 Å². The van der Waals surface area contributed by atoms with Gasteiger partial charge in [-0.05, 0) is 48.5 Å². The predicted molar refractivity (Wildman–Crippen MR) is 84.5 cm³/mol. The summed E-state index contributed by atoms with van der Waals surface area (Å²) in [5.74, 6) is 0.747. The molecule has 0 heterocycles. The summed E-state index contributed by atoms with van der Waals surface area (Å²) in [5, 5.41) is 8.16. The molecule has 0 unspecified atom stereocenters. The van der Waals surface area contributed by atoms with Gasteiger partial charge in [-0.1, -0.05) is 0 Å². The first-order valence-electron chi connectivity index (χ1n) is 6.52. The van der Waals surface area contributed by atoms with Crippen LogP contribution in [0, 0.1) is 0 Å². The van der Waals surface area contributed by atoms with Crippen LogP contribution in [0.3, 0.4) is 0 Å². The molecule has 0 fully saturated rings. The highest BCUT2D eigenvalue weighted by Crippen LogP contribution is 2.22. The zero-order chi connectivity index (χ0) is 16.2. The quantitative estimate of drug-likeness (QED) is 0.793. The summed E-state index contributed by atoms with van der Waals surface area (Å²) in [4.78, 5) is 0.223. The van der Waals surface area contributed by atoms with Gasteiger partial charge in [0.2, 0.25) is 10.0 Å². The lowest BCUT2D eigenvalue weighted by Gasteiger charge is -2.10. The summed E-state index contributed by atoms with van der Waals surface area (Å²) < 4.78 is 30.1. The molecular formula is C15H17N3O3S. The van der Waals surface area contributed by atoms with Crippen molar-refractivity contribution in [2.24, 2.45) is 10.2 Å². The molecule has 7 heteroatoms. The minimum atomic E-state index is -3.42. The second-order valence-corrected chi connectivity index (χ2v) is 6.83. The van der Waals surface area contributed by atoms with Gasteiger partial charge in [0, 0.05) is 14.1 Å². The van der Waals surface area contributed by atoms with Gasteiger partial charge >= 0.3 is 0 Å². The van der Waals surface area contributed by atoms with Crippen LogP contribution in [0.5, 0.6) is 5.75 Å². The minimum absolute atomic E-state index is 0.223. The van der Waals surface area contributed by atoms with Gasteiger partial charge in [-0.2, -0.15) is 10.2 Å². The zero-order valence-corrected chi connectivity index (χ0v) is 13.4. The molecule has 0 aliphatic carbocycles. The molecule has 0 N–H and O–H groups in total. The van der Waals surface area contributed by atoms with Crippen molar-refractivity contribution < 1.29 is 13.2 Å². The number of hydrogen-bond acceptors (Lipinski definition) is 5. The van der Waals surface area contributed by atoms with E-state index in [9.17, 15) is 8.42 Å². The summed E-state index contributed by atoms with van der Waals surface area (Å²) >= 11 is 0. The van der Waals surface area contributed by atoms with Gasteiger partial charge in [0.15, 0.2) is 0 Å². The number of sulfonamides is 1. The fourth-order valence-electron chi connectivity index (χ4n) is 1.66. The second kappa shape index (κ2) is 6.67. The zero-order valence-electron chi connectivity index (χ0n) is 12.6. The highest BCUT2D eigenvalue weighted by molar-refractivity contribution is 7.89. The summed E-state index contributed by atoms with van der Waals surface area (Å²) in [6.07, 6.45) is 0. The Bertz CT molecular complexity index is 752. The molecule has 0 bridgehead atoms. The Morgan fingerprint density at radius 2 is 1.32 bits per heavy atom. The third-order valence-electron chi connectivity index (χ3n) is 2.97. The molecule has 2 aromatic carbocycles.